The first-order chi connectivity index (χ1) is 8.33. The van der Waals surface area contributed by atoms with Gasteiger partial charge in [0.25, 0.3) is 0 Å². The number of nitrogens with zero attached hydrogens (tertiary/aromatic N) is 1. The molecule has 1 aromatic rings. The molecule has 0 radical (unpaired) electrons. The second-order valence-corrected chi connectivity index (χ2v) is 5.17. The number of hydrogen-bond acceptors (Lipinski definition) is 1. The molecule has 0 atom stereocenters. The fourth-order valence-corrected chi connectivity index (χ4v) is 2.80. The second-order valence-electron chi connectivity index (χ2n) is 5.17. The summed E-state index contributed by atoms with van der Waals surface area (Å²) in [6, 6.07) is 11.5. The highest BCUT2D eigenvalue weighted by molar-refractivity contribution is 5.26. The molecule has 0 aliphatic heterocycles. The topological polar surface area (TPSA) is 23.8 Å². The number of aryl methyl sites for hydroxylation is 1. The lowest BCUT2D eigenvalue weighted by Gasteiger charge is -2.25. The highest BCUT2D eigenvalue weighted by Gasteiger charge is 2.21. The van der Waals surface area contributed by atoms with Crippen LogP contribution >= 0.6 is 0 Å². The Morgan fingerprint density at radius 1 is 1.12 bits per heavy atom. The molecule has 1 fully saturated rings. The Morgan fingerprint density at radius 2 is 1.76 bits per heavy atom. The Balaban J connectivity index is 1.97. The van der Waals surface area contributed by atoms with E-state index in [0.717, 1.165) is 12.8 Å². The number of nitriles is 1. The van der Waals surface area contributed by atoms with Gasteiger partial charge in [-0.25, -0.2) is 0 Å². The molecule has 1 aromatic carbocycles. The maximum absolute atomic E-state index is 8.89. The summed E-state index contributed by atoms with van der Waals surface area (Å²) in [4.78, 5) is 0. The smallest absolute Gasteiger partial charge is 0.0655 e. The van der Waals surface area contributed by atoms with E-state index in [0.29, 0.717) is 11.8 Å². The molecular formula is C16H21N. The highest BCUT2D eigenvalue weighted by atomic mass is 14.3. The molecular weight excluding hydrogens is 206 g/mol. The fourth-order valence-electron chi connectivity index (χ4n) is 2.80. The van der Waals surface area contributed by atoms with E-state index in [1.165, 1.54) is 36.8 Å². The van der Waals surface area contributed by atoms with E-state index in [1.54, 1.807) is 0 Å². The van der Waals surface area contributed by atoms with Crippen molar-refractivity contribution in [2.75, 3.05) is 0 Å². The lowest BCUT2D eigenvalue weighted by Crippen LogP contribution is -2.11. The first kappa shape index (κ1) is 12.2. The molecule has 0 amide bonds. The van der Waals surface area contributed by atoms with Crippen molar-refractivity contribution in [1.29, 1.82) is 5.26 Å². The van der Waals surface area contributed by atoms with Crippen LogP contribution in [0.25, 0.3) is 0 Å². The van der Waals surface area contributed by atoms with Crippen LogP contribution in [0, 0.1) is 17.2 Å². The van der Waals surface area contributed by atoms with Gasteiger partial charge in [-0.3, -0.25) is 0 Å². The Bertz CT molecular complexity index is 377. The largest absolute Gasteiger partial charge is 0.198 e. The van der Waals surface area contributed by atoms with Gasteiger partial charge in [0, 0.05) is 5.92 Å². The monoisotopic (exact) mass is 227 g/mol. The quantitative estimate of drug-likeness (QED) is 0.749. The third-order valence-electron chi connectivity index (χ3n) is 3.90. The molecule has 17 heavy (non-hydrogen) atoms. The SMILES string of the molecule is CCCc1ccc([C@H]2CC[C@H](C#N)CC2)cc1. The highest BCUT2D eigenvalue weighted by Crippen LogP contribution is 2.35. The number of hydrogen-bond donors (Lipinski definition) is 0. The molecule has 1 nitrogen and oxygen atoms in total. The zero-order valence-electron chi connectivity index (χ0n) is 10.7. The molecule has 0 saturated heterocycles. The van der Waals surface area contributed by atoms with Crippen LogP contribution in [0.5, 0.6) is 0 Å². The van der Waals surface area contributed by atoms with Crippen molar-refractivity contribution in [3.8, 4) is 6.07 Å². The predicted octanol–water partition coefficient (Wildman–Crippen LogP) is 4.44. The van der Waals surface area contributed by atoms with Crippen molar-refractivity contribution in [3.05, 3.63) is 35.4 Å². The van der Waals surface area contributed by atoms with Crippen molar-refractivity contribution in [2.45, 2.75) is 51.4 Å². The van der Waals surface area contributed by atoms with Crippen LogP contribution in [0.15, 0.2) is 24.3 Å². The molecule has 90 valence electrons. The minimum atomic E-state index is 0.311. The summed E-state index contributed by atoms with van der Waals surface area (Å²) in [6.07, 6.45) is 6.93. The van der Waals surface area contributed by atoms with Gasteiger partial charge >= 0.3 is 0 Å². The van der Waals surface area contributed by atoms with Gasteiger partial charge in [-0.2, -0.15) is 5.26 Å². The first-order valence-electron chi connectivity index (χ1n) is 6.82. The lowest BCUT2D eigenvalue weighted by atomic mass is 9.79. The predicted molar refractivity (Wildman–Crippen MR) is 70.7 cm³/mol. The maximum atomic E-state index is 8.89. The fraction of sp³-hybridized carbons (Fsp3) is 0.562. The van der Waals surface area contributed by atoms with Gasteiger partial charge in [0.2, 0.25) is 0 Å². The molecule has 0 heterocycles. The normalized spacial score (nSPS) is 24.2. The summed E-state index contributed by atoms with van der Waals surface area (Å²) < 4.78 is 0. The number of rotatable bonds is 3. The molecule has 1 saturated carbocycles. The molecule has 1 heteroatoms. The third-order valence-corrected chi connectivity index (χ3v) is 3.90. The molecule has 0 N–H and O–H groups in total. The van der Waals surface area contributed by atoms with Crippen molar-refractivity contribution in [2.24, 2.45) is 5.92 Å². The minimum Gasteiger partial charge on any atom is -0.198 e. The summed E-state index contributed by atoms with van der Waals surface area (Å²) in [5, 5.41) is 8.89. The van der Waals surface area contributed by atoms with Crippen LogP contribution in [-0.4, -0.2) is 0 Å². The van der Waals surface area contributed by atoms with Gasteiger partial charge in [-0.15, -0.1) is 0 Å². The van der Waals surface area contributed by atoms with Gasteiger partial charge in [0.05, 0.1) is 6.07 Å². The molecule has 0 aromatic heterocycles. The standard InChI is InChI=1S/C16H21N/c1-2-3-13-4-8-15(9-5-13)16-10-6-14(12-17)7-11-16/h4-5,8-9,14,16H,2-3,6-7,10-11H2,1H3/t14-,16-. The van der Waals surface area contributed by atoms with E-state index in [4.69, 9.17) is 5.26 Å². The molecule has 0 spiro atoms. The van der Waals surface area contributed by atoms with Gasteiger partial charge < -0.3 is 0 Å². The summed E-state index contributed by atoms with van der Waals surface area (Å²) in [6.45, 7) is 2.22. The summed E-state index contributed by atoms with van der Waals surface area (Å²) in [7, 11) is 0. The van der Waals surface area contributed by atoms with Crippen LogP contribution < -0.4 is 0 Å². The Labute approximate surface area is 104 Å². The maximum Gasteiger partial charge on any atom is 0.0655 e. The van der Waals surface area contributed by atoms with Gasteiger partial charge in [-0.1, -0.05) is 37.6 Å². The third kappa shape index (κ3) is 3.09. The van der Waals surface area contributed by atoms with E-state index in [2.05, 4.69) is 37.3 Å². The zero-order chi connectivity index (χ0) is 12.1. The Morgan fingerprint density at radius 3 is 2.29 bits per heavy atom. The molecule has 1 aliphatic rings. The average Bonchev–Trinajstić information content (AvgIpc) is 2.40. The molecule has 2 rings (SSSR count). The Hall–Kier alpha value is -1.29. The van der Waals surface area contributed by atoms with Crippen LogP contribution in [0.3, 0.4) is 0 Å². The van der Waals surface area contributed by atoms with Crippen molar-refractivity contribution < 1.29 is 0 Å². The van der Waals surface area contributed by atoms with Gasteiger partial charge in [-0.05, 0) is 49.1 Å². The molecule has 0 bridgehead atoms. The van der Waals surface area contributed by atoms with Crippen molar-refractivity contribution in [3.63, 3.8) is 0 Å². The van der Waals surface area contributed by atoms with Gasteiger partial charge in [0.15, 0.2) is 0 Å². The molecule has 0 unspecified atom stereocenters. The van der Waals surface area contributed by atoms with E-state index in [9.17, 15) is 0 Å². The van der Waals surface area contributed by atoms with E-state index < -0.39 is 0 Å². The van der Waals surface area contributed by atoms with Gasteiger partial charge in [0.1, 0.15) is 0 Å². The molecule has 1 aliphatic carbocycles. The average molecular weight is 227 g/mol. The summed E-state index contributed by atoms with van der Waals surface area (Å²) >= 11 is 0. The minimum absolute atomic E-state index is 0.311. The van der Waals surface area contributed by atoms with Crippen molar-refractivity contribution >= 4 is 0 Å². The van der Waals surface area contributed by atoms with E-state index in [1.807, 2.05) is 0 Å². The summed E-state index contributed by atoms with van der Waals surface area (Å²) in [5.41, 5.74) is 2.92. The van der Waals surface area contributed by atoms with E-state index in [-0.39, 0.29) is 0 Å². The number of benzene rings is 1. The Kier molecular flexibility index (Phi) is 4.20. The zero-order valence-corrected chi connectivity index (χ0v) is 10.7. The van der Waals surface area contributed by atoms with Crippen LogP contribution in [0.4, 0.5) is 0 Å². The van der Waals surface area contributed by atoms with E-state index >= 15 is 0 Å². The second kappa shape index (κ2) is 5.87. The van der Waals surface area contributed by atoms with Crippen LogP contribution in [0.2, 0.25) is 0 Å². The van der Waals surface area contributed by atoms with Crippen LogP contribution in [0.1, 0.15) is 56.1 Å². The first-order valence-corrected chi connectivity index (χ1v) is 6.82. The van der Waals surface area contributed by atoms with Crippen molar-refractivity contribution in [1.82, 2.24) is 0 Å². The summed E-state index contributed by atoms with van der Waals surface area (Å²) in [5.74, 6) is 1.00. The lowest BCUT2D eigenvalue weighted by molar-refractivity contribution is 0.382. The van der Waals surface area contributed by atoms with Crippen LogP contribution in [-0.2, 0) is 6.42 Å².